The average molecular weight is 253 g/mol. The zero-order valence-electron chi connectivity index (χ0n) is 8.85. The maximum atomic E-state index is 13.3. The van der Waals surface area contributed by atoms with E-state index >= 15 is 0 Å². The van der Waals surface area contributed by atoms with Gasteiger partial charge in [-0.25, -0.2) is 13.2 Å². The van der Waals surface area contributed by atoms with E-state index < -0.39 is 31.0 Å². The predicted octanol–water partition coefficient (Wildman–Crippen LogP) is 3.14. The van der Waals surface area contributed by atoms with Crippen molar-refractivity contribution in [1.29, 1.82) is 0 Å². The number of halogens is 5. The van der Waals surface area contributed by atoms with Crippen LogP contribution in [0.3, 0.4) is 0 Å². The van der Waals surface area contributed by atoms with Crippen LogP contribution in [0.15, 0.2) is 30.3 Å². The van der Waals surface area contributed by atoms with Crippen molar-refractivity contribution in [2.45, 2.75) is 31.0 Å². The highest BCUT2D eigenvalue weighted by molar-refractivity contribution is 5.16. The van der Waals surface area contributed by atoms with Crippen LogP contribution in [0, 0.1) is 0 Å². The first-order valence-corrected chi connectivity index (χ1v) is 4.93. The molecule has 96 valence electrons. The third kappa shape index (κ3) is 4.68. The Morgan fingerprint density at radius 3 is 2.06 bits per heavy atom. The Labute approximate surface area is 95.4 Å². The van der Waals surface area contributed by atoms with Gasteiger partial charge >= 0.3 is 6.05 Å². The molecule has 0 heterocycles. The first kappa shape index (κ1) is 13.9. The normalized spacial score (nSPS) is 14.7. The van der Waals surface area contributed by atoms with E-state index in [1.54, 1.807) is 6.07 Å². The van der Waals surface area contributed by atoms with Crippen LogP contribution in [-0.4, -0.2) is 18.1 Å². The van der Waals surface area contributed by atoms with Crippen LogP contribution in [0.25, 0.3) is 0 Å². The molecule has 2 N–H and O–H groups in total. The molecule has 0 saturated carbocycles. The van der Waals surface area contributed by atoms with Gasteiger partial charge in [-0.2, -0.15) is 8.78 Å². The molecule has 1 nitrogen and oxygen atoms in total. The van der Waals surface area contributed by atoms with Gasteiger partial charge in [0.2, 0.25) is 0 Å². The minimum atomic E-state index is -4.24. The number of nitrogens with two attached hydrogens (primary N) is 1. The standard InChI is InChI=1S/C11H12F5N/c12-9(11(15,16)17)7-10(13,14)6-8-4-2-1-3-5-8/h1-5,9H,6-7,17H2. The van der Waals surface area contributed by atoms with Gasteiger partial charge in [-0.05, 0) is 5.56 Å². The number of benzene rings is 1. The molecule has 0 bridgehead atoms. The maximum absolute atomic E-state index is 13.3. The molecule has 0 aliphatic carbocycles. The smallest absolute Gasteiger partial charge is 0.270 e. The van der Waals surface area contributed by atoms with Gasteiger partial charge in [0.05, 0.1) is 6.42 Å². The molecule has 6 heteroatoms. The lowest BCUT2D eigenvalue weighted by molar-refractivity contribution is -0.113. The summed E-state index contributed by atoms with van der Waals surface area (Å²) >= 11 is 0. The number of hydrogen-bond acceptors (Lipinski definition) is 1. The molecular formula is C11H12F5N. The molecule has 0 aromatic heterocycles. The maximum Gasteiger partial charge on any atom is 0.331 e. The van der Waals surface area contributed by atoms with Gasteiger partial charge in [-0.15, -0.1) is 0 Å². The Balaban J connectivity index is 2.63. The van der Waals surface area contributed by atoms with E-state index in [1.165, 1.54) is 24.3 Å². The molecule has 0 amide bonds. The Bertz CT molecular complexity index is 347. The van der Waals surface area contributed by atoms with Crippen LogP contribution in [0.5, 0.6) is 0 Å². The molecule has 1 unspecified atom stereocenters. The summed E-state index contributed by atoms with van der Waals surface area (Å²) in [5, 5.41) is 0. The molecule has 0 saturated heterocycles. The van der Waals surface area contributed by atoms with Crippen molar-refractivity contribution in [3.8, 4) is 0 Å². The van der Waals surface area contributed by atoms with Crippen molar-refractivity contribution in [1.82, 2.24) is 0 Å². The summed E-state index contributed by atoms with van der Waals surface area (Å²) in [5.74, 6) is -3.55. The molecule has 1 atom stereocenters. The van der Waals surface area contributed by atoms with E-state index in [0.717, 1.165) is 0 Å². The molecule has 0 fully saturated rings. The lowest BCUT2D eigenvalue weighted by atomic mass is 10.0. The summed E-state index contributed by atoms with van der Waals surface area (Å²) in [6, 6.07) is 3.31. The van der Waals surface area contributed by atoms with Gasteiger partial charge in [0.25, 0.3) is 5.92 Å². The SMILES string of the molecule is NC(F)(F)C(F)CC(F)(F)Cc1ccccc1. The highest BCUT2D eigenvalue weighted by atomic mass is 19.3. The fourth-order valence-corrected chi connectivity index (χ4v) is 1.36. The van der Waals surface area contributed by atoms with E-state index in [-0.39, 0.29) is 5.56 Å². The third-order valence-corrected chi connectivity index (χ3v) is 2.20. The summed E-state index contributed by atoms with van der Waals surface area (Å²) in [6.07, 6.45) is -5.43. The average Bonchev–Trinajstić information content (AvgIpc) is 2.16. The van der Waals surface area contributed by atoms with E-state index in [0.29, 0.717) is 0 Å². The van der Waals surface area contributed by atoms with Crippen molar-refractivity contribution in [2.24, 2.45) is 5.73 Å². The van der Waals surface area contributed by atoms with Crippen molar-refractivity contribution >= 4 is 0 Å². The van der Waals surface area contributed by atoms with Gasteiger partial charge in [0, 0.05) is 6.42 Å². The molecule has 0 spiro atoms. The highest BCUT2D eigenvalue weighted by Gasteiger charge is 2.43. The first-order valence-electron chi connectivity index (χ1n) is 4.93. The van der Waals surface area contributed by atoms with E-state index in [2.05, 4.69) is 5.73 Å². The Hall–Kier alpha value is -1.17. The van der Waals surface area contributed by atoms with Crippen molar-refractivity contribution in [2.75, 3.05) is 0 Å². The van der Waals surface area contributed by atoms with Gasteiger partial charge in [-0.1, -0.05) is 30.3 Å². The van der Waals surface area contributed by atoms with Crippen LogP contribution < -0.4 is 5.73 Å². The number of rotatable bonds is 5. The van der Waals surface area contributed by atoms with Crippen LogP contribution in [-0.2, 0) is 6.42 Å². The lowest BCUT2D eigenvalue weighted by Crippen LogP contribution is -2.43. The van der Waals surface area contributed by atoms with E-state index in [1.807, 2.05) is 0 Å². The number of alkyl halides is 5. The van der Waals surface area contributed by atoms with Crippen molar-refractivity contribution in [3.63, 3.8) is 0 Å². The fraction of sp³-hybridized carbons (Fsp3) is 0.455. The fourth-order valence-electron chi connectivity index (χ4n) is 1.36. The van der Waals surface area contributed by atoms with E-state index in [4.69, 9.17) is 0 Å². The van der Waals surface area contributed by atoms with Gasteiger partial charge < -0.3 is 0 Å². The molecule has 0 radical (unpaired) electrons. The van der Waals surface area contributed by atoms with Crippen LogP contribution in [0.2, 0.25) is 0 Å². The zero-order chi connectivity index (χ0) is 13.1. The highest BCUT2D eigenvalue weighted by Crippen LogP contribution is 2.30. The molecule has 1 rings (SSSR count). The summed E-state index contributed by atoms with van der Waals surface area (Å²) in [6.45, 7) is 0. The second-order valence-corrected chi connectivity index (χ2v) is 3.86. The topological polar surface area (TPSA) is 26.0 Å². The molecule has 1 aromatic carbocycles. The van der Waals surface area contributed by atoms with Crippen molar-refractivity contribution < 1.29 is 22.0 Å². The summed E-state index contributed by atoms with van der Waals surface area (Å²) in [5.41, 5.74) is 4.39. The van der Waals surface area contributed by atoms with Crippen molar-refractivity contribution in [3.05, 3.63) is 35.9 Å². The monoisotopic (exact) mass is 253 g/mol. The largest absolute Gasteiger partial charge is 0.331 e. The molecule has 17 heavy (non-hydrogen) atoms. The molecule has 0 aliphatic rings. The lowest BCUT2D eigenvalue weighted by Gasteiger charge is -2.22. The summed E-state index contributed by atoms with van der Waals surface area (Å²) in [7, 11) is 0. The molecule has 1 aromatic rings. The van der Waals surface area contributed by atoms with Gasteiger partial charge in [0.1, 0.15) is 0 Å². The minimum absolute atomic E-state index is 0.255. The Morgan fingerprint density at radius 1 is 1.06 bits per heavy atom. The Kier molecular flexibility index (Phi) is 4.08. The van der Waals surface area contributed by atoms with Crippen LogP contribution >= 0.6 is 0 Å². The third-order valence-electron chi connectivity index (χ3n) is 2.20. The predicted molar refractivity (Wildman–Crippen MR) is 53.7 cm³/mol. The number of hydrogen-bond donors (Lipinski definition) is 1. The van der Waals surface area contributed by atoms with E-state index in [9.17, 15) is 22.0 Å². The zero-order valence-corrected chi connectivity index (χ0v) is 8.85. The molecule has 0 aliphatic heterocycles. The quantitative estimate of drug-likeness (QED) is 0.633. The summed E-state index contributed by atoms with van der Waals surface area (Å²) in [4.78, 5) is 0. The molecular weight excluding hydrogens is 241 g/mol. The second kappa shape index (κ2) is 5.00. The first-order chi connectivity index (χ1) is 7.71. The van der Waals surface area contributed by atoms with Gasteiger partial charge in [0.15, 0.2) is 6.17 Å². The van der Waals surface area contributed by atoms with Crippen LogP contribution in [0.4, 0.5) is 22.0 Å². The second-order valence-electron chi connectivity index (χ2n) is 3.86. The van der Waals surface area contributed by atoms with Crippen LogP contribution in [0.1, 0.15) is 12.0 Å². The van der Waals surface area contributed by atoms with Gasteiger partial charge in [-0.3, -0.25) is 5.73 Å². The Morgan fingerprint density at radius 2 is 1.59 bits per heavy atom. The minimum Gasteiger partial charge on any atom is -0.270 e. The summed E-state index contributed by atoms with van der Waals surface area (Å²) < 4.78 is 63.8.